The normalized spacial score (nSPS) is 11.0. The third-order valence-corrected chi connectivity index (χ3v) is 5.32. The molecule has 0 amide bonds. The number of hydrogen-bond donors (Lipinski definition) is 0. The number of unbranched alkanes of at least 4 members (excludes halogenated alkanes) is 6. The van der Waals surface area contributed by atoms with E-state index < -0.39 is 0 Å². The first kappa shape index (κ1) is 21.1. The highest BCUT2D eigenvalue weighted by atomic mass is 79.9. The van der Waals surface area contributed by atoms with Crippen LogP contribution in [0.3, 0.4) is 0 Å². The first-order valence-electron chi connectivity index (χ1n) is 10.1. The second-order valence-electron chi connectivity index (χ2n) is 6.93. The molecular weight excluding hydrogens is 388 g/mol. The van der Waals surface area contributed by atoms with Crippen LogP contribution in [0.4, 0.5) is 0 Å². The van der Waals surface area contributed by atoms with E-state index in [1.54, 1.807) is 0 Å². The van der Waals surface area contributed by atoms with Crippen LogP contribution < -0.4 is 9.47 Å². The van der Waals surface area contributed by atoms with Gasteiger partial charge in [0.25, 0.3) is 0 Å². The molecule has 2 aromatic carbocycles. The summed E-state index contributed by atoms with van der Waals surface area (Å²) in [6.45, 7) is 5.99. The highest BCUT2D eigenvalue weighted by molar-refractivity contribution is 9.09. The van der Waals surface area contributed by atoms with E-state index in [-0.39, 0.29) is 0 Å². The van der Waals surface area contributed by atoms with Crippen molar-refractivity contribution in [2.75, 3.05) is 18.5 Å². The molecule has 0 N–H and O–H groups in total. The summed E-state index contributed by atoms with van der Waals surface area (Å²) in [6, 6.07) is 10.6. The molecule has 0 bridgehead atoms. The molecule has 0 aliphatic rings. The molecule has 26 heavy (non-hydrogen) atoms. The van der Waals surface area contributed by atoms with Crippen molar-refractivity contribution in [3.8, 4) is 11.5 Å². The molecule has 0 spiro atoms. The average Bonchev–Trinajstić information content (AvgIpc) is 2.66. The summed E-state index contributed by atoms with van der Waals surface area (Å²) in [4.78, 5) is 0. The molecule has 0 unspecified atom stereocenters. The van der Waals surface area contributed by atoms with Gasteiger partial charge in [-0.2, -0.15) is 0 Å². The van der Waals surface area contributed by atoms with Crippen LogP contribution in [0, 0.1) is 6.92 Å². The van der Waals surface area contributed by atoms with Gasteiger partial charge < -0.3 is 9.47 Å². The van der Waals surface area contributed by atoms with Crippen molar-refractivity contribution < 1.29 is 9.47 Å². The SMILES string of the molecule is CCCCCCCOc1ccc2cc(OCCCCCBr)ccc2c1C. The Balaban J connectivity index is 1.88. The standard InChI is InChI=1S/C23H33BrO2/c1-3-4-5-6-9-17-26-23-14-11-20-18-21(12-13-22(20)19(23)2)25-16-10-7-8-15-24/h11-14,18H,3-10,15-17H2,1-2H3. The van der Waals surface area contributed by atoms with Crippen LogP contribution >= 0.6 is 15.9 Å². The summed E-state index contributed by atoms with van der Waals surface area (Å²) in [5.41, 5.74) is 1.22. The highest BCUT2D eigenvalue weighted by Gasteiger charge is 2.06. The van der Waals surface area contributed by atoms with Crippen LogP contribution in [0.1, 0.15) is 63.9 Å². The number of rotatable bonds is 13. The van der Waals surface area contributed by atoms with Gasteiger partial charge in [0.05, 0.1) is 13.2 Å². The number of alkyl halides is 1. The van der Waals surface area contributed by atoms with E-state index in [1.807, 2.05) is 0 Å². The van der Waals surface area contributed by atoms with Gasteiger partial charge in [-0.1, -0.05) is 60.7 Å². The summed E-state index contributed by atoms with van der Waals surface area (Å²) in [6.07, 6.45) is 9.85. The lowest BCUT2D eigenvalue weighted by Crippen LogP contribution is -2.00. The maximum atomic E-state index is 6.02. The molecule has 0 heterocycles. The molecule has 0 radical (unpaired) electrons. The number of hydrogen-bond acceptors (Lipinski definition) is 2. The lowest BCUT2D eigenvalue weighted by molar-refractivity contribution is 0.303. The quantitative estimate of drug-likeness (QED) is 0.247. The fourth-order valence-corrected chi connectivity index (χ4v) is 3.54. The van der Waals surface area contributed by atoms with Crippen LogP contribution in [0.5, 0.6) is 11.5 Å². The van der Waals surface area contributed by atoms with Crippen molar-refractivity contribution in [1.29, 1.82) is 0 Å². The van der Waals surface area contributed by atoms with E-state index in [1.165, 1.54) is 54.9 Å². The largest absolute Gasteiger partial charge is 0.494 e. The topological polar surface area (TPSA) is 18.5 Å². The van der Waals surface area contributed by atoms with Crippen molar-refractivity contribution in [3.05, 3.63) is 35.9 Å². The minimum Gasteiger partial charge on any atom is -0.494 e. The molecule has 0 saturated carbocycles. The van der Waals surface area contributed by atoms with Crippen molar-refractivity contribution >= 4 is 26.7 Å². The minimum absolute atomic E-state index is 0.788. The fraction of sp³-hybridized carbons (Fsp3) is 0.565. The van der Waals surface area contributed by atoms with Gasteiger partial charge in [0.2, 0.25) is 0 Å². The molecule has 2 rings (SSSR count). The molecule has 0 fully saturated rings. The van der Waals surface area contributed by atoms with E-state index in [9.17, 15) is 0 Å². The van der Waals surface area contributed by atoms with E-state index in [0.717, 1.165) is 42.9 Å². The zero-order chi connectivity index (χ0) is 18.6. The first-order chi connectivity index (χ1) is 12.8. The molecule has 2 nitrogen and oxygen atoms in total. The first-order valence-corrected chi connectivity index (χ1v) is 11.2. The van der Waals surface area contributed by atoms with Gasteiger partial charge in [0, 0.05) is 5.33 Å². The summed E-state index contributed by atoms with van der Waals surface area (Å²) in [5.74, 6) is 1.97. The average molecular weight is 421 g/mol. The van der Waals surface area contributed by atoms with Gasteiger partial charge in [0.1, 0.15) is 11.5 Å². The predicted octanol–water partition coefficient (Wildman–Crippen LogP) is 7.44. The third kappa shape index (κ3) is 6.83. The van der Waals surface area contributed by atoms with Gasteiger partial charge in [-0.05, 0) is 67.1 Å². The van der Waals surface area contributed by atoms with Gasteiger partial charge in [-0.25, -0.2) is 0 Å². The Bertz CT molecular complexity index is 654. The van der Waals surface area contributed by atoms with Crippen LogP contribution in [-0.4, -0.2) is 18.5 Å². The Morgan fingerprint density at radius 1 is 0.808 bits per heavy atom. The van der Waals surface area contributed by atoms with Crippen LogP contribution in [-0.2, 0) is 0 Å². The second kappa shape index (κ2) is 12.2. The van der Waals surface area contributed by atoms with E-state index >= 15 is 0 Å². The second-order valence-corrected chi connectivity index (χ2v) is 7.73. The monoisotopic (exact) mass is 420 g/mol. The van der Waals surface area contributed by atoms with Crippen LogP contribution in [0.15, 0.2) is 30.3 Å². The van der Waals surface area contributed by atoms with Gasteiger partial charge >= 0.3 is 0 Å². The van der Waals surface area contributed by atoms with Gasteiger partial charge in [0.15, 0.2) is 0 Å². The third-order valence-electron chi connectivity index (χ3n) is 4.76. The summed E-state index contributed by atoms with van der Waals surface area (Å²) < 4.78 is 11.9. The van der Waals surface area contributed by atoms with Crippen molar-refractivity contribution in [3.63, 3.8) is 0 Å². The summed E-state index contributed by atoms with van der Waals surface area (Å²) >= 11 is 3.46. The zero-order valence-electron chi connectivity index (χ0n) is 16.4. The summed E-state index contributed by atoms with van der Waals surface area (Å²) in [7, 11) is 0. The number of fused-ring (bicyclic) bond motifs is 1. The van der Waals surface area contributed by atoms with Gasteiger partial charge in [-0.3, -0.25) is 0 Å². The van der Waals surface area contributed by atoms with Gasteiger partial charge in [-0.15, -0.1) is 0 Å². The maximum absolute atomic E-state index is 6.02. The Morgan fingerprint density at radius 3 is 2.31 bits per heavy atom. The number of benzene rings is 2. The summed E-state index contributed by atoms with van der Waals surface area (Å²) in [5, 5.41) is 3.54. The van der Waals surface area contributed by atoms with E-state index in [4.69, 9.17) is 9.47 Å². The Kier molecular flexibility index (Phi) is 9.91. The Morgan fingerprint density at radius 2 is 1.54 bits per heavy atom. The Labute approximate surface area is 167 Å². The van der Waals surface area contributed by atoms with Crippen molar-refractivity contribution in [2.45, 2.75) is 65.2 Å². The molecule has 0 aliphatic heterocycles. The lowest BCUT2D eigenvalue weighted by atomic mass is 10.0. The number of aryl methyl sites for hydroxylation is 1. The molecule has 2 aromatic rings. The van der Waals surface area contributed by atoms with Crippen molar-refractivity contribution in [1.82, 2.24) is 0 Å². The highest BCUT2D eigenvalue weighted by Crippen LogP contribution is 2.30. The predicted molar refractivity (Wildman–Crippen MR) is 116 cm³/mol. The zero-order valence-corrected chi connectivity index (χ0v) is 17.9. The maximum Gasteiger partial charge on any atom is 0.122 e. The molecule has 0 saturated heterocycles. The number of ether oxygens (including phenoxy) is 2. The molecule has 144 valence electrons. The Hall–Kier alpha value is -1.22. The lowest BCUT2D eigenvalue weighted by Gasteiger charge is -2.13. The minimum atomic E-state index is 0.788. The molecule has 3 heteroatoms. The molecular formula is C23H33BrO2. The molecule has 0 aromatic heterocycles. The van der Waals surface area contributed by atoms with E-state index in [2.05, 4.69) is 60.1 Å². The van der Waals surface area contributed by atoms with Crippen LogP contribution in [0.25, 0.3) is 10.8 Å². The fourth-order valence-electron chi connectivity index (χ4n) is 3.14. The molecule has 0 atom stereocenters. The van der Waals surface area contributed by atoms with Crippen LogP contribution in [0.2, 0.25) is 0 Å². The molecule has 0 aliphatic carbocycles. The smallest absolute Gasteiger partial charge is 0.122 e. The van der Waals surface area contributed by atoms with E-state index in [0.29, 0.717) is 0 Å². The van der Waals surface area contributed by atoms with Crippen molar-refractivity contribution in [2.24, 2.45) is 0 Å². The number of halogens is 1.